The number of nitrogen functional groups attached to an aromatic ring is 1. The molecule has 0 fully saturated rings. The number of anilines is 1. The number of hydrogen-bond acceptors (Lipinski definition) is 3. The molecule has 1 aromatic carbocycles. The van der Waals surface area contributed by atoms with Crippen LogP contribution in [0.5, 0.6) is 0 Å². The largest absolute Gasteiger partial charge is 0.398 e. The van der Waals surface area contributed by atoms with Crippen molar-refractivity contribution in [3.8, 4) is 0 Å². The smallest absolute Gasteiger partial charge is 0.243 e. The fourth-order valence-electron chi connectivity index (χ4n) is 1.63. The minimum absolute atomic E-state index is 0.243. The first kappa shape index (κ1) is 15.2. The van der Waals surface area contributed by atoms with E-state index in [1.165, 1.54) is 10.4 Å². The molecule has 2 N–H and O–H groups in total. The number of halogens is 1. The van der Waals surface area contributed by atoms with Gasteiger partial charge in [-0.1, -0.05) is 13.0 Å². The first-order chi connectivity index (χ1) is 8.34. The molecule has 0 aliphatic rings. The van der Waals surface area contributed by atoms with Crippen molar-refractivity contribution < 1.29 is 8.42 Å². The van der Waals surface area contributed by atoms with Crippen molar-refractivity contribution in [3.63, 3.8) is 0 Å². The van der Waals surface area contributed by atoms with Crippen molar-refractivity contribution in [3.05, 3.63) is 34.8 Å². The number of rotatable bonds is 5. The van der Waals surface area contributed by atoms with E-state index in [-0.39, 0.29) is 11.4 Å². The van der Waals surface area contributed by atoms with E-state index in [9.17, 15) is 8.42 Å². The van der Waals surface area contributed by atoms with Crippen molar-refractivity contribution in [2.24, 2.45) is 0 Å². The van der Waals surface area contributed by atoms with Gasteiger partial charge in [-0.15, -0.1) is 6.58 Å². The summed E-state index contributed by atoms with van der Waals surface area (Å²) in [6, 6.07) is 3.20. The van der Waals surface area contributed by atoms with Gasteiger partial charge >= 0.3 is 0 Å². The molecule has 0 bridgehead atoms. The van der Waals surface area contributed by atoms with Crippen LogP contribution in [0.3, 0.4) is 0 Å². The Morgan fingerprint density at radius 1 is 1.50 bits per heavy atom. The maximum Gasteiger partial charge on any atom is 0.243 e. The summed E-state index contributed by atoms with van der Waals surface area (Å²) in [6.45, 7) is 7.79. The van der Waals surface area contributed by atoms with E-state index in [2.05, 4.69) is 22.5 Å². The molecule has 0 heterocycles. The Bertz CT molecular complexity index is 555. The number of hydrogen-bond donors (Lipinski definition) is 1. The van der Waals surface area contributed by atoms with Crippen molar-refractivity contribution in [1.82, 2.24) is 4.31 Å². The number of nitrogens with two attached hydrogens (primary N) is 1. The van der Waals surface area contributed by atoms with Crippen LogP contribution < -0.4 is 5.73 Å². The Kier molecular flexibility index (Phi) is 4.95. The summed E-state index contributed by atoms with van der Waals surface area (Å²) in [5.74, 6) is 0. The molecule has 0 aromatic heterocycles. The van der Waals surface area contributed by atoms with Crippen molar-refractivity contribution >= 4 is 31.6 Å². The van der Waals surface area contributed by atoms with Gasteiger partial charge in [-0.3, -0.25) is 0 Å². The quantitative estimate of drug-likeness (QED) is 0.665. The minimum atomic E-state index is -3.52. The van der Waals surface area contributed by atoms with Crippen LogP contribution in [-0.4, -0.2) is 25.8 Å². The number of benzene rings is 1. The predicted octanol–water partition coefficient (Wildman–Crippen LogP) is 2.54. The van der Waals surface area contributed by atoms with E-state index >= 15 is 0 Å². The molecule has 0 atom stereocenters. The maximum atomic E-state index is 12.4. The first-order valence-electron chi connectivity index (χ1n) is 5.51. The molecule has 0 aliphatic carbocycles. The third-order valence-corrected chi connectivity index (χ3v) is 5.37. The first-order valence-corrected chi connectivity index (χ1v) is 7.74. The minimum Gasteiger partial charge on any atom is -0.398 e. The summed E-state index contributed by atoms with van der Waals surface area (Å²) in [6.07, 6.45) is 1.57. The lowest BCUT2D eigenvalue weighted by Crippen LogP contribution is -2.31. The predicted molar refractivity (Wildman–Crippen MR) is 77.9 cm³/mol. The highest BCUT2D eigenvalue weighted by Crippen LogP contribution is 2.28. The van der Waals surface area contributed by atoms with Gasteiger partial charge in [-0.25, -0.2) is 8.42 Å². The summed E-state index contributed by atoms with van der Waals surface area (Å²) < 4.78 is 26.9. The second-order valence-electron chi connectivity index (χ2n) is 3.88. The van der Waals surface area contributed by atoms with Crippen LogP contribution in [0.1, 0.15) is 12.5 Å². The molecule has 0 amide bonds. The standard InChI is InChI=1S/C12H17BrN2O2S/c1-4-6-15(5-2)18(16,17)12-8-11(14)10(13)7-9(12)3/h4,7-8H,1,5-6,14H2,2-3H3. The molecular formula is C12H17BrN2O2S. The van der Waals surface area contributed by atoms with E-state index in [0.29, 0.717) is 22.3 Å². The van der Waals surface area contributed by atoms with Gasteiger partial charge < -0.3 is 5.73 Å². The van der Waals surface area contributed by atoms with Gasteiger partial charge in [-0.05, 0) is 40.5 Å². The molecule has 0 unspecified atom stereocenters. The summed E-state index contributed by atoms with van der Waals surface area (Å²) in [4.78, 5) is 0.243. The average Bonchev–Trinajstić information content (AvgIpc) is 2.30. The summed E-state index contributed by atoms with van der Waals surface area (Å²) in [5.41, 5.74) is 6.83. The zero-order chi connectivity index (χ0) is 13.9. The van der Waals surface area contributed by atoms with Gasteiger partial charge in [0, 0.05) is 23.2 Å². The van der Waals surface area contributed by atoms with Gasteiger partial charge in [0.25, 0.3) is 0 Å². The van der Waals surface area contributed by atoms with Crippen LogP contribution in [0.15, 0.2) is 34.2 Å². The van der Waals surface area contributed by atoms with Crippen LogP contribution in [0.25, 0.3) is 0 Å². The lowest BCUT2D eigenvalue weighted by molar-refractivity contribution is 0.459. The van der Waals surface area contributed by atoms with Gasteiger partial charge in [0.05, 0.1) is 4.90 Å². The zero-order valence-electron chi connectivity index (χ0n) is 10.5. The molecule has 0 spiro atoms. The Balaban J connectivity index is 3.36. The Labute approximate surface area is 117 Å². The second-order valence-corrected chi connectivity index (χ2v) is 6.64. The van der Waals surface area contributed by atoms with E-state index in [1.807, 2.05) is 0 Å². The fourth-order valence-corrected chi connectivity index (χ4v) is 3.75. The zero-order valence-corrected chi connectivity index (χ0v) is 12.9. The molecule has 6 heteroatoms. The topological polar surface area (TPSA) is 63.4 Å². The highest BCUT2D eigenvalue weighted by Gasteiger charge is 2.24. The average molecular weight is 333 g/mol. The summed E-state index contributed by atoms with van der Waals surface area (Å²) in [7, 11) is -3.52. The van der Waals surface area contributed by atoms with Crippen molar-refractivity contribution in [1.29, 1.82) is 0 Å². The lowest BCUT2D eigenvalue weighted by Gasteiger charge is -2.20. The van der Waals surface area contributed by atoms with Crippen LogP contribution in [0, 0.1) is 6.92 Å². The van der Waals surface area contributed by atoms with Crippen LogP contribution in [0.4, 0.5) is 5.69 Å². The molecule has 1 rings (SSSR count). The molecule has 0 saturated heterocycles. The van der Waals surface area contributed by atoms with E-state index < -0.39 is 10.0 Å². The third-order valence-electron chi connectivity index (χ3n) is 2.60. The highest BCUT2D eigenvalue weighted by atomic mass is 79.9. The molecule has 18 heavy (non-hydrogen) atoms. The van der Waals surface area contributed by atoms with Crippen LogP contribution in [-0.2, 0) is 10.0 Å². The third kappa shape index (κ3) is 2.93. The summed E-state index contributed by atoms with van der Waals surface area (Å²) in [5, 5.41) is 0. The van der Waals surface area contributed by atoms with E-state index in [0.717, 1.165) is 0 Å². The number of sulfonamides is 1. The maximum absolute atomic E-state index is 12.4. The number of likely N-dealkylation sites (N-methyl/N-ethyl adjacent to an activating group) is 1. The molecule has 4 nitrogen and oxygen atoms in total. The Morgan fingerprint density at radius 2 is 2.11 bits per heavy atom. The van der Waals surface area contributed by atoms with E-state index in [4.69, 9.17) is 5.73 Å². The van der Waals surface area contributed by atoms with Crippen molar-refractivity contribution in [2.45, 2.75) is 18.7 Å². The van der Waals surface area contributed by atoms with Gasteiger partial charge in [-0.2, -0.15) is 4.31 Å². The molecular weight excluding hydrogens is 316 g/mol. The highest BCUT2D eigenvalue weighted by molar-refractivity contribution is 9.10. The summed E-state index contributed by atoms with van der Waals surface area (Å²) >= 11 is 3.28. The van der Waals surface area contributed by atoms with Crippen LogP contribution >= 0.6 is 15.9 Å². The normalized spacial score (nSPS) is 11.8. The molecule has 0 radical (unpaired) electrons. The van der Waals surface area contributed by atoms with Crippen LogP contribution in [0.2, 0.25) is 0 Å². The number of nitrogens with zero attached hydrogens (tertiary/aromatic N) is 1. The molecule has 1 aromatic rings. The van der Waals surface area contributed by atoms with Gasteiger partial charge in [0.2, 0.25) is 10.0 Å². The molecule has 100 valence electrons. The SMILES string of the molecule is C=CCN(CC)S(=O)(=O)c1cc(N)c(Br)cc1C. The lowest BCUT2D eigenvalue weighted by atomic mass is 10.2. The molecule has 0 saturated carbocycles. The number of aryl methyl sites for hydroxylation is 1. The Hall–Kier alpha value is -0.850. The molecule has 0 aliphatic heterocycles. The van der Waals surface area contributed by atoms with Gasteiger partial charge in [0.1, 0.15) is 0 Å². The van der Waals surface area contributed by atoms with Crippen molar-refractivity contribution in [2.75, 3.05) is 18.8 Å². The Morgan fingerprint density at radius 3 is 2.61 bits per heavy atom. The fraction of sp³-hybridized carbons (Fsp3) is 0.333. The second kappa shape index (κ2) is 5.86. The monoisotopic (exact) mass is 332 g/mol. The van der Waals surface area contributed by atoms with Gasteiger partial charge in [0.15, 0.2) is 0 Å². The van der Waals surface area contributed by atoms with E-state index in [1.54, 1.807) is 26.0 Å².